The second kappa shape index (κ2) is 8.27. The van der Waals surface area contributed by atoms with Crippen molar-refractivity contribution in [1.29, 1.82) is 0 Å². The molecule has 0 aromatic heterocycles. The summed E-state index contributed by atoms with van der Waals surface area (Å²) in [6.45, 7) is 0.748. The highest BCUT2D eigenvalue weighted by atomic mass is 79.9. The summed E-state index contributed by atoms with van der Waals surface area (Å²) in [5.74, 6) is 0. The Morgan fingerprint density at radius 1 is 1.10 bits per heavy atom. The molecule has 21 heavy (non-hydrogen) atoms. The zero-order valence-corrected chi connectivity index (χ0v) is 13.5. The van der Waals surface area contributed by atoms with Gasteiger partial charge in [-0.3, -0.25) is 0 Å². The van der Waals surface area contributed by atoms with Crippen molar-refractivity contribution < 1.29 is 9.13 Å². The second-order valence-electron chi connectivity index (χ2n) is 4.82. The van der Waals surface area contributed by atoms with Gasteiger partial charge in [-0.1, -0.05) is 64.5 Å². The SMILES string of the molecule is COC[C@H](NC[C@H](F)c1ccccc1Br)c1ccccc1. The predicted octanol–water partition coefficient (Wildman–Crippen LogP) is 4.44. The molecule has 0 fully saturated rings. The van der Waals surface area contributed by atoms with Crippen molar-refractivity contribution in [2.75, 3.05) is 20.3 Å². The molecule has 0 radical (unpaired) electrons. The first-order chi connectivity index (χ1) is 10.2. The zero-order chi connectivity index (χ0) is 15.1. The van der Waals surface area contributed by atoms with E-state index < -0.39 is 6.17 Å². The molecule has 0 bridgehead atoms. The number of hydrogen-bond donors (Lipinski definition) is 1. The number of methoxy groups -OCH3 is 1. The Bertz CT molecular complexity index is 549. The number of hydrogen-bond acceptors (Lipinski definition) is 2. The molecule has 0 spiro atoms. The molecule has 0 heterocycles. The molecule has 112 valence electrons. The predicted molar refractivity (Wildman–Crippen MR) is 87.1 cm³/mol. The van der Waals surface area contributed by atoms with Crippen molar-refractivity contribution in [2.24, 2.45) is 0 Å². The van der Waals surface area contributed by atoms with Gasteiger partial charge >= 0.3 is 0 Å². The summed E-state index contributed by atoms with van der Waals surface area (Å²) in [5, 5.41) is 3.24. The molecule has 2 aromatic rings. The van der Waals surface area contributed by atoms with Crippen LogP contribution in [0, 0.1) is 0 Å². The van der Waals surface area contributed by atoms with Crippen LogP contribution in [0.25, 0.3) is 0 Å². The molecule has 0 saturated heterocycles. The van der Waals surface area contributed by atoms with Crippen molar-refractivity contribution in [3.63, 3.8) is 0 Å². The highest BCUT2D eigenvalue weighted by Crippen LogP contribution is 2.26. The van der Waals surface area contributed by atoms with Crippen LogP contribution in [0.1, 0.15) is 23.3 Å². The van der Waals surface area contributed by atoms with Gasteiger partial charge in [0.25, 0.3) is 0 Å². The molecule has 2 aromatic carbocycles. The monoisotopic (exact) mass is 351 g/mol. The standard InChI is InChI=1S/C17H19BrFNO/c1-21-12-17(13-7-3-2-4-8-13)20-11-16(19)14-9-5-6-10-15(14)18/h2-10,16-17,20H,11-12H2,1H3/t16-,17-/m0/s1. The number of alkyl halides is 1. The van der Waals surface area contributed by atoms with E-state index >= 15 is 0 Å². The molecule has 1 N–H and O–H groups in total. The third kappa shape index (κ3) is 4.63. The molecule has 4 heteroatoms. The van der Waals surface area contributed by atoms with Gasteiger partial charge in [-0.05, 0) is 11.6 Å². The molecule has 2 nitrogen and oxygen atoms in total. The molecule has 0 aliphatic heterocycles. The van der Waals surface area contributed by atoms with Crippen LogP contribution < -0.4 is 5.32 Å². The summed E-state index contributed by atoms with van der Waals surface area (Å²) >= 11 is 3.39. The van der Waals surface area contributed by atoms with Crippen molar-refractivity contribution >= 4 is 15.9 Å². The Hall–Kier alpha value is -1.23. The summed E-state index contributed by atoms with van der Waals surface area (Å²) in [6.07, 6.45) is -1.07. The average Bonchev–Trinajstić information content (AvgIpc) is 2.52. The molecule has 0 aliphatic carbocycles. The summed E-state index contributed by atoms with van der Waals surface area (Å²) in [6, 6.07) is 17.3. The molecule has 0 unspecified atom stereocenters. The lowest BCUT2D eigenvalue weighted by molar-refractivity contribution is 0.161. The minimum absolute atomic E-state index is 0.0167. The molecular weight excluding hydrogens is 333 g/mol. The van der Waals surface area contributed by atoms with Gasteiger partial charge in [-0.2, -0.15) is 0 Å². The third-order valence-corrected chi connectivity index (χ3v) is 4.04. The largest absolute Gasteiger partial charge is 0.383 e. The van der Waals surface area contributed by atoms with Crippen LogP contribution in [-0.4, -0.2) is 20.3 Å². The van der Waals surface area contributed by atoms with E-state index in [1.165, 1.54) is 0 Å². The van der Waals surface area contributed by atoms with Gasteiger partial charge in [0.1, 0.15) is 6.17 Å². The van der Waals surface area contributed by atoms with Crippen LogP contribution in [-0.2, 0) is 4.74 Å². The molecule has 0 aliphatic rings. The lowest BCUT2D eigenvalue weighted by Crippen LogP contribution is -2.28. The van der Waals surface area contributed by atoms with E-state index in [0.717, 1.165) is 10.0 Å². The van der Waals surface area contributed by atoms with Crippen molar-refractivity contribution in [1.82, 2.24) is 5.32 Å². The summed E-state index contributed by atoms with van der Waals surface area (Å²) in [7, 11) is 1.65. The van der Waals surface area contributed by atoms with E-state index in [0.29, 0.717) is 12.2 Å². The average molecular weight is 352 g/mol. The number of nitrogens with one attached hydrogen (secondary N) is 1. The normalized spacial score (nSPS) is 13.9. The van der Waals surface area contributed by atoms with Crippen molar-refractivity contribution in [2.45, 2.75) is 12.2 Å². The van der Waals surface area contributed by atoms with Crippen LogP contribution in [0.15, 0.2) is 59.1 Å². The van der Waals surface area contributed by atoms with Crippen LogP contribution >= 0.6 is 15.9 Å². The van der Waals surface area contributed by atoms with Crippen LogP contribution in [0.2, 0.25) is 0 Å². The van der Waals surface area contributed by atoms with E-state index in [4.69, 9.17) is 4.74 Å². The minimum atomic E-state index is -1.07. The Labute approximate surface area is 133 Å². The zero-order valence-electron chi connectivity index (χ0n) is 11.9. The summed E-state index contributed by atoms with van der Waals surface area (Å²) < 4.78 is 20.4. The van der Waals surface area contributed by atoms with Gasteiger partial charge in [0.05, 0.1) is 12.6 Å². The smallest absolute Gasteiger partial charge is 0.139 e. The van der Waals surface area contributed by atoms with Crippen molar-refractivity contribution in [3.05, 3.63) is 70.2 Å². The van der Waals surface area contributed by atoms with Crippen LogP contribution in [0.5, 0.6) is 0 Å². The quantitative estimate of drug-likeness (QED) is 0.796. The summed E-state index contributed by atoms with van der Waals surface area (Å²) in [5.41, 5.74) is 1.76. The molecule has 2 atom stereocenters. The Balaban J connectivity index is 2.00. The van der Waals surface area contributed by atoms with Gasteiger partial charge < -0.3 is 10.1 Å². The van der Waals surface area contributed by atoms with Gasteiger partial charge in [0.2, 0.25) is 0 Å². The van der Waals surface area contributed by atoms with E-state index in [9.17, 15) is 4.39 Å². The van der Waals surface area contributed by atoms with E-state index in [1.807, 2.05) is 48.5 Å². The maximum absolute atomic E-state index is 14.4. The van der Waals surface area contributed by atoms with Gasteiger partial charge in [0, 0.05) is 23.7 Å². The van der Waals surface area contributed by atoms with Gasteiger partial charge in [-0.15, -0.1) is 0 Å². The highest BCUT2D eigenvalue weighted by Gasteiger charge is 2.16. The van der Waals surface area contributed by atoms with E-state index in [1.54, 1.807) is 13.2 Å². The molecule has 0 amide bonds. The molecular formula is C17H19BrFNO. The Kier molecular flexibility index (Phi) is 6.36. The topological polar surface area (TPSA) is 21.3 Å². The first-order valence-corrected chi connectivity index (χ1v) is 7.67. The molecule has 0 saturated carbocycles. The minimum Gasteiger partial charge on any atom is -0.383 e. The lowest BCUT2D eigenvalue weighted by Gasteiger charge is -2.20. The number of benzene rings is 2. The van der Waals surface area contributed by atoms with E-state index in [2.05, 4.69) is 21.2 Å². The fourth-order valence-corrected chi connectivity index (χ4v) is 2.74. The second-order valence-corrected chi connectivity index (χ2v) is 5.67. The fourth-order valence-electron chi connectivity index (χ4n) is 2.21. The van der Waals surface area contributed by atoms with Crippen LogP contribution in [0.4, 0.5) is 4.39 Å². The maximum Gasteiger partial charge on any atom is 0.139 e. The lowest BCUT2D eigenvalue weighted by atomic mass is 10.1. The maximum atomic E-state index is 14.4. The number of ether oxygens (including phenoxy) is 1. The fraction of sp³-hybridized carbons (Fsp3) is 0.294. The first kappa shape index (κ1) is 16.1. The Morgan fingerprint density at radius 2 is 1.76 bits per heavy atom. The highest BCUT2D eigenvalue weighted by molar-refractivity contribution is 9.10. The number of rotatable bonds is 7. The third-order valence-electron chi connectivity index (χ3n) is 3.32. The first-order valence-electron chi connectivity index (χ1n) is 6.88. The number of halogens is 2. The van der Waals surface area contributed by atoms with Gasteiger partial charge in [-0.25, -0.2) is 4.39 Å². The Morgan fingerprint density at radius 3 is 2.43 bits per heavy atom. The summed E-state index contributed by atoms with van der Waals surface area (Å²) in [4.78, 5) is 0. The van der Waals surface area contributed by atoms with Gasteiger partial charge in [0.15, 0.2) is 0 Å². The van der Waals surface area contributed by atoms with Crippen molar-refractivity contribution in [3.8, 4) is 0 Å². The van der Waals surface area contributed by atoms with Crippen LogP contribution in [0.3, 0.4) is 0 Å². The van der Waals surface area contributed by atoms with E-state index in [-0.39, 0.29) is 12.6 Å². The molecule has 2 rings (SSSR count).